The van der Waals surface area contributed by atoms with Crippen LogP contribution >= 0.6 is 0 Å². The van der Waals surface area contributed by atoms with Crippen molar-refractivity contribution in [3.63, 3.8) is 0 Å². The maximum Gasteiger partial charge on any atom is 0.337 e. The summed E-state index contributed by atoms with van der Waals surface area (Å²) in [5.74, 6) is -0.566. The van der Waals surface area contributed by atoms with Crippen LogP contribution in [0.25, 0.3) is 0 Å². The Bertz CT molecular complexity index is 905. The monoisotopic (exact) mass is 359 g/mol. The number of carbonyl (C=O) groups excluding carboxylic acids is 1. The molecule has 1 N–H and O–H groups in total. The highest BCUT2D eigenvalue weighted by Gasteiger charge is 2.21. The first-order valence-electron chi connectivity index (χ1n) is 8.23. The average Bonchev–Trinajstić information content (AvgIpc) is 3.08. The van der Waals surface area contributed by atoms with Gasteiger partial charge in [-0.25, -0.2) is 17.9 Å². The standard InChI is InChI=1S/C19H21NO4S/c1-13(15-10-9-14-5-3-6-16(14)11-15)20-25(22,23)18-8-4-7-17(12-18)19(21)24-2/h4,7-13,20H,3,5-6H2,1-2H3. The lowest BCUT2D eigenvalue weighted by Gasteiger charge is -2.16. The van der Waals surface area contributed by atoms with Crippen LogP contribution in [-0.4, -0.2) is 21.5 Å². The van der Waals surface area contributed by atoms with Crippen molar-refractivity contribution in [3.8, 4) is 0 Å². The van der Waals surface area contributed by atoms with Gasteiger partial charge in [0.1, 0.15) is 0 Å². The molecule has 2 aromatic carbocycles. The minimum absolute atomic E-state index is 0.0448. The highest BCUT2D eigenvalue weighted by Crippen LogP contribution is 2.26. The van der Waals surface area contributed by atoms with Gasteiger partial charge in [-0.2, -0.15) is 0 Å². The lowest BCUT2D eigenvalue weighted by atomic mass is 10.0. The summed E-state index contributed by atoms with van der Waals surface area (Å²) in [6.07, 6.45) is 3.29. The zero-order chi connectivity index (χ0) is 18.0. The fraction of sp³-hybridized carbons (Fsp3) is 0.316. The highest BCUT2D eigenvalue weighted by molar-refractivity contribution is 7.89. The third kappa shape index (κ3) is 3.75. The fourth-order valence-electron chi connectivity index (χ4n) is 3.14. The quantitative estimate of drug-likeness (QED) is 0.833. The van der Waals surface area contributed by atoms with Crippen LogP contribution in [-0.2, 0) is 27.6 Å². The van der Waals surface area contributed by atoms with Gasteiger partial charge < -0.3 is 4.74 Å². The summed E-state index contributed by atoms with van der Waals surface area (Å²) in [6, 6.07) is 11.6. The van der Waals surface area contributed by atoms with E-state index in [-0.39, 0.29) is 16.5 Å². The molecule has 5 nitrogen and oxygen atoms in total. The van der Waals surface area contributed by atoms with E-state index in [4.69, 9.17) is 0 Å². The molecule has 2 aromatic rings. The minimum Gasteiger partial charge on any atom is -0.465 e. The van der Waals surface area contributed by atoms with Gasteiger partial charge in [0.2, 0.25) is 10.0 Å². The van der Waals surface area contributed by atoms with E-state index in [9.17, 15) is 13.2 Å². The Morgan fingerprint density at radius 3 is 2.64 bits per heavy atom. The van der Waals surface area contributed by atoms with E-state index in [0.717, 1.165) is 24.8 Å². The smallest absolute Gasteiger partial charge is 0.337 e. The average molecular weight is 359 g/mol. The third-order valence-electron chi connectivity index (χ3n) is 4.52. The van der Waals surface area contributed by atoms with Gasteiger partial charge in [-0.15, -0.1) is 0 Å². The van der Waals surface area contributed by atoms with Crippen LogP contribution in [0.3, 0.4) is 0 Å². The molecule has 0 saturated carbocycles. The van der Waals surface area contributed by atoms with Crippen molar-refractivity contribution in [1.82, 2.24) is 4.72 Å². The van der Waals surface area contributed by atoms with Gasteiger partial charge in [0, 0.05) is 6.04 Å². The van der Waals surface area contributed by atoms with Crippen LogP contribution in [0.5, 0.6) is 0 Å². The number of hydrogen-bond acceptors (Lipinski definition) is 4. The number of nitrogens with one attached hydrogen (secondary N) is 1. The maximum absolute atomic E-state index is 12.6. The van der Waals surface area contributed by atoms with Gasteiger partial charge in [-0.3, -0.25) is 0 Å². The Hall–Kier alpha value is -2.18. The number of aryl methyl sites for hydroxylation is 2. The Morgan fingerprint density at radius 2 is 1.88 bits per heavy atom. The van der Waals surface area contributed by atoms with Crippen LogP contribution in [0.4, 0.5) is 0 Å². The van der Waals surface area contributed by atoms with E-state index in [1.165, 1.54) is 42.5 Å². The molecular weight excluding hydrogens is 338 g/mol. The van der Waals surface area contributed by atoms with Crippen LogP contribution in [0.1, 0.15) is 46.4 Å². The number of rotatable bonds is 5. The summed E-state index contributed by atoms with van der Waals surface area (Å²) in [7, 11) is -2.48. The molecule has 0 bridgehead atoms. The number of esters is 1. The summed E-state index contributed by atoms with van der Waals surface area (Å²) in [5, 5.41) is 0. The van der Waals surface area contributed by atoms with Gasteiger partial charge in [0.25, 0.3) is 0 Å². The molecule has 132 valence electrons. The molecule has 0 radical (unpaired) electrons. The van der Waals surface area contributed by atoms with Crippen molar-refractivity contribution in [1.29, 1.82) is 0 Å². The first kappa shape index (κ1) is 17.6. The molecule has 1 aliphatic carbocycles. The van der Waals surface area contributed by atoms with Crippen molar-refractivity contribution in [2.75, 3.05) is 7.11 Å². The molecule has 0 saturated heterocycles. The summed E-state index contributed by atoms with van der Waals surface area (Å²) in [6.45, 7) is 1.82. The zero-order valence-electron chi connectivity index (χ0n) is 14.3. The number of sulfonamides is 1. The summed E-state index contributed by atoms with van der Waals surface area (Å²) >= 11 is 0. The van der Waals surface area contributed by atoms with Gasteiger partial charge in [0.15, 0.2) is 0 Å². The Labute approximate surface area is 148 Å². The van der Waals surface area contributed by atoms with Crippen molar-refractivity contribution >= 4 is 16.0 Å². The van der Waals surface area contributed by atoms with Gasteiger partial charge in [-0.1, -0.05) is 24.3 Å². The van der Waals surface area contributed by atoms with Crippen LogP contribution in [0, 0.1) is 0 Å². The van der Waals surface area contributed by atoms with E-state index < -0.39 is 16.0 Å². The fourth-order valence-corrected chi connectivity index (χ4v) is 4.42. The summed E-state index contributed by atoms with van der Waals surface area (Å²) in [4.78, 5) is 11.7. The van der Waals surface area contributed by atoms with Crippen molar-refractivity contribution in [2.24, 2.45) is 0 Å². The molecule has 0 aromatic heterocycles. The van der Waals surface area contributed by atoms with E-state index >= 15 is 0 Å². The molecule has 0 aliphatic heterocycles. The molecular formula is C19H21NO4S. The van der Waals surface area contributed by atoms with Crippen molar-refractivity contribution in [2.45, 2.75) is 37.1 Å². The minimum atomic E-state index is -3.74. The van der Waals surface area contributed by atoms with Crippen molar-refractivity contribution in [3.05, 3.63) is 64.7 Å². The summed E-state index contributed by atoms with van der Waals surface area (Å²) in [5.41, 5.74) is 3.80. The number of ether oxygens (including phenoxy) is 1. The van der Waals surface area contributed by atoms with Crippen LogP contribution < -0.4 is 4.72 Å². The van der Waals surface area contributed by atoms with Gasteiger partial charge in [0.05, 0.1) is 17.6 Å². The molecule has 25 heavy (non-hydrogen) atoms. The van der Waals surface area contributed by atoms with E-state index in [1.54, 1.807) is 0 Å². The number of hydrogen-bond donors (Lipinski definition) is 1. The molecule has 1 aliphatic rings. The second-order valence-corrected chi connectivity index (χ2v) is 7.96. The first-order valence-corrected chi connectivity index (χ1v) is 9.71. The number of fused-ring (bicyclic) bond motifs is 1. The largest absolute Gasteiger partial charge is 0.465 e. The lowest BCUT2D eigenvalue weighted by molar-refractivity contribution is 0.0600. The topological polar surface area (TPSA) is 72.5 Å². The molecule has 6 heteroatoms. The Morgan fingerprint density at radius 1 is 1.12 bits per heavy atom. The van der Waals surface area contributed by atoms with Crippen molar-refractivity contribution < 1.29 is 17.9 Å². The molecule has 0 amide bonds. The Kier molecular flexibility index (Phi) is 4.92. The highest BCUT2D eigenvalue weighted by atomic mass is 32.2. The van der Waals surface area contributed by atoms with E-state index in [2.05, 4.69) is 21.6 Å². The van der Waals surface area contributed by atoms with Gasteiger partial charge >= 0.3 is 5.97 Å². The number of methoxy groups -OCH3 is 1. The molecule has 0 spiro atoms. The predicted molar refractivity (Wildman–Crippen MR) is 95.0 cm³/mol. The predicted octanol–water partition coefficient (Wildman–Crippen LogP) is 3.00. The number of benzene rings is 2. The second-order valence-electron chi connectivity index (χ2n) is 6.24. The van der Waals surface area contributed by atoms with Gasteiger partial charge in [-0.05, 0) is 61.1 Å². The lowest BCUT2D eigenvalue weighted by Crippen LogP contribution is -2.27. The molecule has 1 atom stereocenters. The Balaban J connectivity index is 1.82. The first-order chi connectivity index (χ1) is 11.9. The molecule has 1 unspecified atom stereocenters. The normalized spacial score (nSPS) is 14.8. The number of carbonyl (C=O) groups is 1. The molecule has 0 heterocycles. The summed E-state index contributed by atoms with van der Waals surface area (Å²) < 4.78 is 32.6. The third-order valence-corrected chi connectivity index (χ3v) is 6.06. The van der Waals surface area contributed by atoms with Crippen LogP contribution in [0.2, 0.25) is 0 Å². The maximum atomic E-state index is 12.6. The molecule has 3 rings (SSSR count). The van der Waals surface area contributed by atoms with Crippen LogP contribution in [0.15, 0.2) is 47.4 Å². The molecule has 0 fully saturated rings. The zero-order valence-corrected chi connectivity index (χ0v) is 15.1. The van der Waals surface area contributed by atoms with E-state index in [1.807, 2.05) is 13.0 Å². The van der Waals surface area contributed by atoms with E-state index in [0.29, 0.717) is 0 Å². The second kappa shape index (κ2) is 6.98. The SMILES string of the molecule is COC(=O)c1cccc(S(=O)(=O)NC(C)c2ccc3c(c2)CCC3)c1.